The number of hydrogen-bond acceptors (Lipinski definition) is 3. The van der Waals surface area contributed by atoms with Crippen LogP contribution in [0.5, 0.6) is 0 Å². The quantitative estimate of drug-likeness (QED) is 0.801. The van der Waals surface area contributed by atoms with Gasteiger partial charge in [-0.15, -0.1) is 0 Å². The maximum atomic E-state index is 13.8. The number of hydrogen-bond donors (Lipinski definition) is 0. The van der Waals surface area contributed by atoms with Crippen molar-refractivity contribution in [2.24, 2.45) is 0 Å². The number of carbonyl (C=O) groups is 1. The molecule has 1 aromatic carbocycles. The van der Waals surface area contributed by atoms with Crippen LogP contribution in [-0.4, -0.2) is 32.3 Å². The third kappa shape index (κ3) is 3.49. The molecule has 1 amide bonds. The van der Waals surface area contributed by atoms with Crippen molar-refractivity contribution in [2.45, 2.75) is 38.1 Å². The van der Waals surface area contributed by atoms with Gasteiger partial charge in [0.05, 0.1) is 4.90 Å². The van der Waals surface area contributed by atoms with E-state index in [1.54, 1.807) is 7.05 Å². The van der Waals surface area contributed by atoms with Crippen molar-refractivity contribution < 1.29 is 17.6 Å². The monoisotopic (exact) mass is 321 g/mol. The summed E-state index contributed by atoms with van der Waals surface area (Å²) in [5.41, 5.74) is -0.127. The van der Waals surface area contributed by atoms with E-state index >= 15 is 0 Å². The Kier molecular flexibility index (Phi) is 5.15. The number of carbonyl (C=O) groups excluding carboxylic acids is 1. The van der Waals surface area contributed by atoms with E-state index in [0.29, 0.717) is 0 Å². The van der Waals surface area contributed by atoms with Gasteiger partial charge in [0.1, 0.15) is 5.82 Å². The lowest BCUT2D eigenvalue weighted by Crippen LogP contribution is -2.34. The van der Waals surface area contributed by atoms with Crippen molar-refractivity contribution in [3.05, 3.63) is 29.1 Å². The number of halogens is 2. The second kappa shape index (κ2) is 6.10. The van der Waals surface area contributed by atoms with E-state index in [1.807, 2.05) is 13.8 Å². The Morgan fingerprint density at radius 2 is 2.00 bits per heavy atom. The molecular formula is C13H17ClFNO3S. The topological polar surface area (TPSA) is 54.5 Å². The normalized spacial score (nSPS) is 13.1. The molecule has 0 aliphatic heterocycles. The summed E-state index contributed by atoms with van der Waals surface area (Å²) in [7, 11) is 2.75. The highest BCUT2D eigenvalue weighted by Gasteiger charge is 2.23. The summed E-state index contributed by atoms with van der Waals surface area (Å²) in [6.07, 6.45) is 0.733. The summed E-state index contributed by atoms with van der Waals surface area (Å²) in [6.45, 7) is 5.07. The van der Waals surface area contributed by atoms with Crippen LogP contribution in [0.3, 0.4) is 0 Å². The molecule has 0 spiro atoms. The minimum Gasteiger partial charge on any atom is -0.339 e. The van der Waals surface area contributed by atoms with Crippen LogP contribution in [0, 0.1) is 12.7 Å². The molecule has 0 aliphatic rings. The predicted molar refractivity (Wildman–Crippen MR) is 76.0 cm³/mol. The van der Waals surface area contributed by atoms with Gasteiger partial charge in [0.15, 0.2) is 0 Å². The molecule has 20 heavy (non-hydrogen) atoms. The molecule has 0 saturated heterocycles. The van der Waals surface area contributed by atoms with Crippen LogP contribution < -0.4 is 0 Å². The first-order valence-corrected chi connectivity index (χ1v) is 8.42. The molecule has 0 heterocycles. The zero-order valence-corrected chi connectivity index (χ0v) is 13.3. The lowest BCUT2D eigenvalue weighted by atomic mass is 10.1. The smallest absolute Gasteiger partial charge is 0.261 e. The average molecular weight is 322 g/mol. The van der Waals surface area contributed by atoms with Gasteiger partial charge < -0.3 is 4.90 Å². The Bertz CT molecular complexity index is 631. The van der Waals surface area contributed by atoms with E-state index in [9.17, 15) is 17.6 Å². The number of amides is 1. The molecule has 1 rings (SSSR count). The summed E-state index contributed by atoms with van der Waals surface area (Å²) < 4.78 is 36.6. The molecule has 0 fully saturated rings. The maximum absolute atomic E-state index is 13.8. The highest BCUT2D eigenvalue weighted by molar-refractivity contribution is 8.13. The van der Waals surface area contributed by atoms with Crippen LogP contribution in [0.1, 0.15) is 36.2 Å². The fourth-order valence-corrected chi connectivity index (χ4v) is 2.92. The van der Waals surface area contributed by atoms with Crippen molar-refractivity contribution in [2.75, 3.05) is 7.05 Å². The fourth-order valence-electron chi connectivity index (χ4n) is 1.71. The highest BCUT2D eigenvalue weighted by atomic mass is 35.7. The van der Waals surface area contributed by atoms with E-state index in [4.69, 9.17) is 10.7 Å². The van der Waals surface area contributed by atoms with Crippen LogP contribution in [-0.2, 0) is 9.05 Å². The van der Waals surface area contributed by atoms with Crippen LogP contribution in [0.4, 0.5) is 4.39 Å². The van der Waals surface area contributed by atoms with E-state index in [-0.39, 0.29) is 22.1 Å². The largest absolute Gasteiger partial charge is 0.339 e. The van der Waals surface area contributed by atoms with Gasteiger partial charge in [-0.05, 0) is 32.4 Å². The summed E-state index contributed by atoms with van der Waals surface area (Å²) in [4.78, 5) is 13.3. The van der Waals surface area contributed by atoms with Crippen molar-refractivity contribution >= 4 is 25.6 Å². The lowest BCUT2D eigenvalue weighted by molar-refractivity contribution is 0.0739. The van der Waals surface area contributed by atoms with Crippen LogP contribution in [0.2, 0.25) is 0 Å². The molecule has 1 aromatic rings. The summed E-state index contributed by atoms with van der Waals surface area (Å²) in [6, 6.07) is 2.10. The van der Waals surface area contributed by atoms with Gasteiger partial charge in [-0.25, -0.2) is 12.8 Å². The Balaban J connectivity index is 3.35. The number of rotatable bonds is 4. The predicted octanol–water partition coefficient (Wildman–Crippen LogP) is 2.93. The van der Waals surface area contributed by atoms with Gasteiger partial charge in [0.25, 0.3) is 15.0 Å². The SMILES string of the molecule is CCC(C)N(C)C(=O)c1cc(F)c(C)c(S(=O)(=O)Cl)c1. The third-order valence-corrected chi connectivity index (χ3v) is 4.83. The molecule has 0 saturated carbocycles. The molecule has 112 valence electrons. The van der Waals surface area contributed by atoms with Crippen molar-refractivity contribution in [3.63, 3.8) is 0 Å². The zero-order valence-electron chi connectivity index (χ0n) is 11.8. The first-order chi connectivity index (χ1) is 9.09. The number of nitrogens with zero attached hydrogens (tertiary/aromatic N) is 1. The van der Waals surface area contributed by atoms with Gasteiger partial charge in [0, 0.05) is 34.9 Å². The molecule has 0 aliphatic carbocycles. The van der Waals surface area contributed by atoms with Gasteiger partial charge in [-0.3, -0.25) is 4.79 Å². The van der Waals surface area contributed by atoms with Gasteiger partial charge >= 0.3 is 0 Å². The Hall–Kier alpha value is -1.14. The van der Waals surface area contributed by atoms with Crippen molar-refractivity contribution in [1.82, 2.24) is 4.90 Å². The lowest BCUT2D eigenvalue weighted by Gasteiger charge is -2.24. The van der Waals surface area contributed by atoms with E-state index < -0.39 is 20.8 Å². The second-order valence-corrected chi connectivity index (χ2v) is 7.23. The molecule has 1 atom stereocenters. The van der Waals surface area contributed by atoms with E-state index in [1.165, 1.54) is 11.8 Å². The van der Waals surface area contributed by atoms with Gasteiger partial charge in [-0.1, -0.05) is 6.92 Å². The van der Waals surface area contributed by atoms with Crippen molar-refractivity contribution in [3.8, 4) is 0 Å². The first-order valence-electron chi connectivity index (χ1n) is 6.11. The summed E-state index contributed by atoms with van der Waals surface area (Å²) in [5.74, 6) is -1.22. The molecule has 0 radical (unpaired) electrons. The first kappa shape index (κ1) is 16.9. The standard InChI is InChI=1S/C13H17ClFNO3S/c1-5-8(2)16(4)13(17)10-6-11(15)9(3)12(7-10)20(14,18)19/h6-8H,5H2,1-4H3. The van der Waals surface area contributed by atoms with Crippen LogP contribution >= 0.6 is 10.7 Å². The molecular weight excluding hydrogens is 305 g/mol. The minimum absolute atomic E-state index is 0.0323. The molecule has 4 nitrogen and oxygen atoms in total. The van der Waals surface area contributed by atoms with Crippen molar-refractivity contribution in [1.29, 1.82) is 0 Å². The van der Waals surface area contributed by atoms with E-state index in [2.05, 4.69) is 0 Å². The molecule has 0 bridgehead atoms. The van der Waals surface area contributed by atoms with E-state index in [0.717, 1.165) is 18.6 Å². The summed E-state index contributed by atoms with van der Waals surface area (Å²) >= 11 is 0. The Labute approximate surface area is 123 Å². The maximum Gasteiger partial charge on any atom is 0.261 e. The summed E-state index contributed by atoms with van der Waals surface area (Å²) in [5, 5.41) is 0. The third-order valence-electron chi connectivity index (χ3n) is 3.38. The second-order valence-electron chi connectivity index (χ2n) is 4.69. The zero-order chi connectivity index (χ0) is 15.7. The highest BCUT2D eigenvalue weighted by Crippen LogP contribution is 2.24. The Morgan fingerprint density at radius 1 is 1.45 bits per heavy atom. The van der Waals surface area contributed by atoms with Gasteiger partial charge in [-0.2, -0.15) is 0 Å². The van der Waals surface area contributed by atoms with Crippen LogP contribution in [0.15, 0.2) is 17.0 Å². The molecule has 7 heteroatoms. The molecule has 0 aromatic heterocycles. The van der Waals surface area contributed by atoms with Crippen LogP contribution in [0.25, 0.3) is 0 Å². The van der Waals surface area contributed by atoms with Gasteiger partial charge in [0.2, 0.25) is 0 Å². The average Bonchev–Trinajstić information content (AvgIpc) is 2.37. The Morgan fingerprint density at radius 3 is 2.45 bits per heavy atom. The minimum atomic E-state index is -4.10. The molecule has 0 N–H and O–H groups in total. The molecule has 1 unspecified atom stereocenters. The number of benzene rings is 1. The fraction of sp³-hybridized carbons (Fsp3) is 0.462.